The van der Waals surface area contributed by atoms with Crippen LogP contribution >= 0.6 is 0 Å². The first-order valence-corrected chi connectivity index (χ1v) is 7.10. The predicted octanol–water partition coefficient (Wildman–Crippen LogP) is 3.71. The Labute approximate surface area is 119 Å². The van der Waals surface area contributed by atoms with E-state index in [1.165, 1.54) is 17.1 Å². The van der Waals surface area contributed by atoms with Gasteiger partial charge in [0.25, 0.3) is 0 Å². The van der Waals surface area contributed by atoms with Gasteiger partial charge in [-0.2, -0.15) is 0 Å². The van der Waals surface area contributed by atoms with Crippen molar-refractivity contribution in [2.75, 3.05) is 0 Å². The number of nitrogens with one attached hydrogen (secondary N) is 3. The average molecular weight is 267 g/mol. The summed E-state index contributed by atoms with van der Waals surface area (Å²) in [4.78, 5) is 9.99. The zero-order valence-corrected chi connectivity index (χ0v) is 11.8. The molecular weight excluding hydrogens is 246 g/mol. The summed E-state index contributed by atoms with van der Waals surface area (Å²) in [5.41, 5.74) is 4.07. The Morgan fingerprint density at radius 3 is 1.30 bits per heavy atom. The third kappa shape index (κ3) is 3.05. The van der Waals surface area contributed by atoms with Crippen LogP contribution in [0, 0.1) is 5.41 Å². The lowest BCUT2D eigenvalue weighted by Gasteiger charge is -2.28. The van der Waals surface area contributed by atoms with Crippen LogP contribution in [0.15, 0.2) is 55.0 Å². The van der Waals surface area contributed by atoms with E-state index in [0.717, 1.165) is 19.3 Å². The lowest BCUT2D eigenvalue weighted by atomic mass is 9.77. The molecular formula is C17H21N3. The topological polar surface area (TPSA) is 47.4 Å². The molecule has 0 unspecified atom stereocenters. The van der Waals surface area contributed by atoms with E-state index in [2.05, 4.69) is 58.3 Å². The molecule has 0 spiro atoms. The molecule has 0 aliphatic heterocycles. The van der Waals surface area contributed by atoms with Crippen molar-refractivity contribution in [3.05, 3.63) is 72.1 Å². The molecule has 3 heterocycles. The van der Waals surface area contributed by atoms with E-state index in [9.17, 15) is 0 Å². The predicted molar refractivity (Wildman–Crippen MR) is 81.6 cm³/mol. The summed E-state index contributed by atoms with van der Waals surface area (Å²) in [6, 6.07) is 12.7. The molecule has 0 fully saturated rings. The van der Waals surface area contributed by atoms with Crippen LogP contribution in [-0.4, -0.2) is 15.0 Å². The second-order valence-electron chi connectivity index (χ2n) is 5.93. The Hall–Kier alpha value is -2.16. The van der Waals surface area contributed by atoms with E-state index in [-0.39, 0.29) is 5.41 Å². The highest BCUT2D eigenvalue weighted by Crippen LogP contribution is 2.30. The van der Waals surface area contributed by atoms with Crippen molar-refractivity contribution in [3.63, 3.8) is 0 Å². The highest BCUT2D eigenvalue weighted by atomic mass is 14.7. The Kier molecular flexibility index (Phi) is 3.50. The molecule has 0 saturated carbocycles. The smallest absolute Gasteiger partial charge is 0.0152 e. The number of hydrogen-bond donors (Lipinski definition) is 3. The van der Waals surface area contributed by atoms with E-state index >= 15 is 0 Å². The molecule has 3 aromatic heterocycles. The minimum Gasteiger partial charge on any atom is -0.365 e. The SMILES string of the molecule is CC(Cc1ccc[nH]1)(Cc1ccc[nH]1)Cc1ccc[nH]1. The van der Waals surface area contributed by atoms with Crippen molar-refractivity contribution in [2.24, 2.45) is 5.41 Å². The highest BCUT2D eigenvalue weighted by molar-refractivity contribution is 5.15. The van der Waals surface area contributed by atoms with Crippen LogP contribution < -0.4 is 0 Å². The van der Waals surface area contributed by atoms with Gasteiger partial charge in [0.15, 0.2) is 0 Å². The first-order valence-electron chi connectivity index (χ1n) is 7.10. The highest BCUT2D eigenvalue weighted by Gasteiger charge is 2.27. The van der Waals surface area contributed by atoms with Crippen molar-refractivity contribution in [2.45, 2.75) is 26.2 Å². The van der Waals surface area contributed by atoms with E-state index in [1.54, 1.807) is 0 Å². The molecule has 104 valence electrons. The molecule has 0 atom stereocenters. The third-order valence-electron chi connectivity index (χ3n) is 3.84. The van der Waals surface area contributed by atoms with E-state index < -0.39 is 0 Å². The number of H-pyrrole nitrogens is 3. The zero-order chi connectivity index (χ0) is 13.8. The maximum absolute atomic E-state index is 3.33. The number of aromatic amines is 3. The first-order chi connectivity index (χ1) is 9.73. The van der Waals surface area contributed by atoms with Crippen molar-refractivity contribution in [1.82, 2.24) is 15.0 Å². The Morgan fingerprint density at radius 1 is 0.700 bits per heavy atom. The quantitative estimate of drug-likeness (QED) is 0.610. The van der Waals surface area contributed by atoms with Gasteiger partial charge in [0, 0.05) is 35.7 Å². The van der Waals surface area contributed by atoms with Gasteiger partial charge in [0.2, 0.25) is 0 Å². The standard InChI is InChI=1S/C17H21N3/c1-17(11-14-5-2-8-18-14,12-15-6-3-9-19-15)13-16-7-4-10-20-16/h2-10,18-20H,11-13H2,1H3. The summed E-state index contributed by atoms with van der Waals surface area (Å²) in [5.74, 6) is 0. The van der Waals surface area contributed by atoms with Gasteiger partial charge in [-0.3, -0.25) is 0 Å². The second-order valence-corrected chi connectivity index (χ2v) is 5.93. The van der Waals surface area contributed by atoms with Crippen molar-refractivity contribution >= 4 is 0 Å². The fourth-order valence-corrected chi connectivity index (χ4v) is 3.00. The largest absolute Gasteiger partial charge is 0.365 e. The Morgan fingerprint density at radius 2 is 1.05 bits per heavy atom. The summed E-state index contributed by atoms with van der Waals surface area (Å²) in [6.07, 6.45) is 9.12. The first kappa shape index (κ1) is 12.9. The molecule has 0 amide bonds. The molecule has 3 rings (SSSR count). The van der Waals surface area contributed by atoms with E-state index in [4.69, 9.17) is 0 Å². The fraction of sp³-hybridized carbons (Fsp3) is 0.294. The van der Waals surface area contributed by atoms with Crippen LogP contribution in [0.25, 0.3) is 0 Å². The maximum atomic E-state index is 3.33. The van der Waals surface area contributed by atoms with Gasteiger partial charge in [-0.1, -0.05) is 6.92 Å². The molecule has 0 bridgehead atoms. The number of rotatable bonds is 6. The summed E-state index contributed by atoms with van der Waals surface area (Å²) >= 11 is 0. The monoisotopic (exact) mass is 267 g/mol. The number of aromatic nitrogens is 3. The third-order valence-corrected chi connectivity index (χ3v) is 3.84. The normalized spacial score (nSPS) is 11.8. The van der Waals surface area contributed by atoms with Gasteiger partial charge < -0.3 is 15.0 Å². The van der Waals surface area contributed by atoms with Gasteiger partial charge >= 0.3 is 0 Å². The molecule has 0 radical (unpaired) electrons. The van der Waals surface area contributed by atoms with Gasteiger partial charge in [0.05, 0.1) is 0 Å². The molecule has 0 aromatic carbocycles. The molecule has 3 nitrogen and oxygen atoms in total. The molecule has 20 heavy (non-hydrogen) atoms. The van der Waals surface area contributed by atoms with Crippen LogP contribution in [0.3, 0.4) is 0 Å². The number of hydrogen-bond acceptors (Lipinski definition) is 0. The van der Waals surface area contributed by atoms with Crippen LogP contribution in [0.4, 0.5) is 0 Å². The molecule has 3 N–H and O–H groups in total. The molecule has 3 heteroatoms. The minimum absolute atomic E-state index is 0.181. The lowest BCUT2D eigenvalue weighted by Crippen LogP contribution is -2.26. The summed E-state index contributed by atoms with van der Waals surface area (Å²) in [5, 5.41) is 0. The van der Waals surface area contributed by atoms with Gasteiger partial charge in [-0.15, -0.1) is 0 Å². The lowest BCUT2D eigenvalue weighted by molar-refractivity contribution is 0.308. The van der Waals surface area contributed by atoms with Crippen LogP contribution in [0.5, 0.6) is 0 Å². The zero-order valence-electron chi connectivity index (χ0n) is 11.8. The van der Waals surface area contributed by atoms with Gasteiger partial charge in [-0.05, 0) is 61.1 Å². The summed E-state index contributed by atoms with van der Waals surface area (Å²) in [6.45, 7) is 2.36. The van der Waals surface area contributed by atoms with Crippen LogP contribution in [-0.2, 0) is 19.3 Å². The van der Waals surface area contributed by atoms with Gasteiger partial charge in [-0.25, -0.2) is 0 Å². The summed E-state index contributed by atoms with van der Waals surface area (Å²) in [7, 11) is 0. The van der Waals surface area contributed by atoms with Crippen LogP contribution in [0.2, 0.25) is 0 Å². The van der Waals surface area contributed by atoms with E-state index in [0.29, 0.717) is 0 Å². The minimum atomic E-state index is 0.181. The van der Waals surface area contributed by atoms with Gasteiger partial charge in [0.1, 0.15) is 0 Å². The molecule has 0 aliphatic carbocycles. The van der Waals surface area contributed by atoms with E-state index in [1.807, 2.05) is 18.6 Å². The second kappa shape index (κ2) is 5.45. The molecule has 3 aromatic rings. The molecule has 0 aliphatic rings. The summed E-state index contributed by atoms with van der Waals surface area (Å²) < 4.78 is 0. The van der Waals surface area contributed by atoms with Crippen LogP contribution in [0.1, 0.15) is 24.0 Å². The Bertz CT molecular complexity index is 514. The van der Waals surface area contributed by atoms with Crippen molar-refractivity contribution < 1.29 is 0 Å². The fourth-order valence-electron chi connectivity index (χ4n) is 3.00. The maximum Gasteiger partial charge on any atom is 0.0152 e. The van der Waals surface area contributed by atoms with Crippen molar-refractivity contribution in [1.29, 1.82) is 0 Å². The molecule has 0 saturated heterocycles. The Balaban J connectivity index is 1.81. The van der Waals surface area contributed by atoms with Crippen molar-refractivity contribution in [3.8, 4) is 0 Å². The average Bonchev–Trinajstić information content (AvgIpc) is 3.11.